The second kappa shape index (κ2) is 4.38. The summed E-state index contributed by atoms with van der Waals surface area (Å²) in [5, 5.41) is 5.68. The van der Waals surface area contributed by atoms with Gasteiger partial charge in [0.2, 0.25) is 10.7 Å². The Bertz CT molecular complexity index is 618. The van der Waals surface area contributed by atoms with E-state index < -0.39 is 0 Å². The van der Waals surface area contributed by atoms with Gasteiger partial charge in [-0.05, 0) is 24.4 Å². The highest BCUT2D eigenvalue weighted by atomic mass is 32.1. The Morgan fingerprint density at radius 1 is 1.28 bits per heavy atom. The van der Waals surface area contributed by atoms with Crippen molar-refractivity contribution in [2.75, 3.05) is 11.4 Å². The van der Waals surface area contributed by atoms with Crippen molar-refractivity contribution in [2.45, 2.75) is 12.3 Å². The summed E-state index contributed by atoms with van der Waals surface area (Å²) in [5.74, 6) is 0.950. The topological polar surface area (TPSA) is 64.8 Å². The number of nitrogens with one attached hydrogen (secondary N) is 2. The maximum atomic E-state index is 12.0. The summed E-state index contributed by atoms with van der Waals surface area (Å²) < 4.78 is 0.426. The first-order valence-electron chi connectivity index (χ1n) is 5.74. The van der Waals surface area contributed by atoms with E-state index in [1.54, 1.807) is 4.90 Å². The zero-order valence-corrected chi connectivity index (χ0v) is 10.4. The third-order valence-corrected chi connectivity index (χ3v) is 3.29. The molecule has 92 valence electrons. The van der Waals surface area contributed by atoms with Gasteiger partial charge in [-0.2, -0.15) is 0 Å². The Labute approximate surface area is 109 Å². The monoisotopic (exact) mass is 260 g/mol. The number of anilines is 1. The Balaban J connectivity index is 1.85. The van der Waals surface area contributed by atoms with E-state index in [1.807, 2.05) is 30.3 Å². The lowest BCUT2D eigenvalue weighted by molar-refractivity contribution is -0.117. The number of nitrogens with zero attached hydrogens (tertiary/aromatic N) is 2. The van der Waals surface area contributed by atoms with Crippen LogP contribution in [-0.2, 0) is 4.79 Å². The van der Waals surface area contributed by atoms with E-state index in [9.17, 15) is 4.79 Å². The molecule has 1 aliphatic rings. The molecular weight excluding hydrogens is 248 g/mol. The van der Waals surface area contributed by atoms with E-state index in [0.717, 1.165) is 11.5 Å². The van der Waals surface area contributed by atoms with Crippen LogP contribution < -0.4 is 4.90 Å². The Morgan fingerprint density at radius 3 is 2.72 bits per heavy atom. The molecule has 3 rings (SSSR count). The minimum atomic E-state index is 0.0747. The highest BCUT2D eigenvalue weighted by Gasteiger charge is 2.33. The van der Waals surface area contributed by atoms with Gasteiger partial charge >= 0.3 is 0 Å². The summed E-state index contributed by atoms with van der Waals surface area (Å²) in [7, 11) is 0. The van der Waals surface area contributed by atoms with Crippen LogP contribution in [0, 0.1) is 4.77 Å². The van der Waals surface area contributed by atoms with Crippen LogP contribution in [0.15, 0.2) is 30.3 Å². The van der Waals surface area contributed by atoms with Crippen molar-refractivity contribution in [3.05, 3.63) is 40.9 Å². The fourth-order valence-corrected chi connectivity index (χ4v) is 2.37. The van der Waals surface area contributed by atoms with Crippen molar-refractivity contribution in [1.29, 1.82) is 0 Å². The number of benzene rings is 1. The lowest BCUT2D eigenvalue weighted by Gasteiger charge is -2.15. The minimum absolute atomic E-state index is 0.0747. The van der Waals surface area contributed by atoms with Crippen LogP contribution in [0.4, 0.5) is 5.69 Å². The molecule has 0 radical (unpaired) electrons. The van der Waals surface area contributed by atoms with Crippen LogP contribution in [0.3, 0.4) is 0 Å². The molecule has 0 saturated carbocycles. The average Bonchev–Trinajstić information content (AvgIpc) is 2.97. The molecule has 1 aliphatic heterocycles. The maximum Gasteiger partial charge on any atom is 0.227 e. The number of hydrogen-bond donors (Lipinski definition) is 2. The van der Waals surface area contributed by atoms with Crippen molar-refractivity contribution < 1.29 is 4.79 Å². The third-order valence-electron chi connectivity index (χ3n) is 3.10. The number of H-pyrrole nitrogens is 2. The second-order valence-electron chi connectivity index (χ2n) is 4.29. The molecule has 0 aliphatic carbocycles. The Kier molecular flexibility index (Phi) is 2.71. The molecule has 1 amide bonds. The number of hydrogen-bond acceptors (Lipinski definition) is 3. The number of carbonyl (C=O) groups is 1. The Hall–Kier alpha value is -1.95. The lowest BCUT2D eigenvalue weighted by Crippen LogP contribution is -2.24. The van der Waals surface area contributed by atoms with Crippen LogP contribution in [0.2, 0.25) is 0 Å². The summed E-state index contributed by atoms with van der Waals surface area (Å²) in [6, 6.07) is 9.67. The molecule has 0 spiro atoms. The van der Waals surface area contributed by atoms with Crippen LogP contribution in [-0.4, -0.2) is 27.6 Å². The molecule has 2 aromatic rings. The number of aromatic amines is 2. The van der Waals surface area contributed by atoms with E-state index >= 15 is 0 Å². The van der Waals surface area contributed by atoms with Crippen LogP contribution in [0.5, 0.6) is 0 Å². The van der Waals surface area contributed by atoms with Crippen molar-refractivity contribution in [2.24, 2.45) is 0 Å². The summed E-state index contributed by atoms with van der Waals surface area (Å²) >= 11 is 4.92. The molecule has 2 heterocycles. The number of para-hydroxylation sites is 1. The summed E-state index contributed by atoms with van der Waals surface area (Å²) in [4.78, 5) is 18.0. The molecule has 6 heteroatoms. The third kappa shape index (κ3) is 1.95. The molecular formula is C12H12N4OS. The largest absolute Gasteiger partial charge is 0.312 e. The zero-order chi connectivity index (χ0) is 12.5. The van der Waals surface area contributed by atoms with Gasteiger partial charge in [0.15, 0.2) is 0 Å². The van der Waals surface area contributed by atoms with Gasteiger partial charge in [-0.3, -0.25) is 15.0 Å². The van der Waals surface area contributed by atoms with Crippen LogP contribution in [0.25, 0.3) is 0 Å². The van der Waals surface area contributed by atoms with E-state index in [0.29, 0.717) is 17.7 Å². The first-order valence-corrected chi connectivity index (χ1v) is 6.15. The van der Waals surface area contributed by atoms with Crippen molar-refractivity contribution >= 4 is 23.8 Å². The van der Waals surface area contributed by atoms with Crippen molar-refractivity contribution in [1.82, 2.24) is 15.2 Å². The molecule has 5 nitrogen and oxygen atoms in total. The van der Waals surface area contributed by atoms with E-state index in [4.69, 9.17) is 12.2 Å². The van der Waals surface area contributed by atoms with E-state index in [-0.39, 0.29) is 11.8 Å². The van der Waals surface area contributed by atoms with Crippen molar-refractivity contribution in [3.8, 4) is 0 Å². The predicted molar refractivity (Wildman–Crippen MR) is 69.9 cm³/mol. The summed E-state index contributed by atoms with van der Waals surface area (Å²) in [5.41, 5.74) is 0.930. The van der Waals surface area contributed by atoms with Gasteiger partial charge in [0.25, 0.3) is 0 Å². The fourth-order valence-electron chi connectivity index (χ4n) is 2.22. The molecule has 1 aromatic heterocycles. The summed E-state index contributed by atoms with van der Waals surface area (Å²) in [6.07, 6.45) is 0.463. The summed E-state index contributed by atoms with van der Waals surface area (Å²) in [6.45, 7) is 0.638. The molecule has 0 bridgehead atoms. The second-order valence-corrected chi connectivity index (χ2v) is 4.68. The smallest absolute Gasteiger partial charge is 0.227 e. The normalized spacial score (nSPS) is 19.4. The average molecular weight is 260 g/mol. The fraction of sp³-hybridized carbons (Fsp3) is 0.250. The molecule has 18 heavy (non-hydrogen) atoms. The first-order chi connectivity index (χ1) is 8.74. The van der Waals surface area contributed by atoms with Crippen LogP contribution >= 0.6 is 12.2 Å². The predicted octanol–water partition coefficient (Wildman–Crippen LogP) is 1.99. The highest BCUT2D eigenvalue weighted by molar-refractivity contribution is 7.71. The quantitative estimate of drug-likeness (QED) is 0.812. The number of amides is 1. The Morgan fingerprint density at radius 2 is 2.06 bits per heavy atom. The lowest BCUT2D eigenvalue weighted by atomic mass is 10.1. The van der Waals surface area contributed by atoms with E-state index in [1.165, 1.54) is 0 Å². The molecule has 1 saturated heterocycles. The minimum Gasteiger partial charge on any atom is -0.312 e. The molecule has 1 aromatic carbocycles. The van der Waals surface area contributed by atoms with Gasteiger partial charge in [0.1, 0.15) is 5.82 Å². The molecule has 1 atom stereocenters. The SMILES string of the molecule is O=C1CC(c2nc(=S)[nH][nH]2)CN1c1ccccc1. The van der Waals surface area contributed by atoms with Crippen molar-refractivity contribution in [3.63, 3.8) is 0 Å². The van der Waals surface area contributed by atoms with Gasteiger partial charge in [-0.1, -0.05) is 18.2 Å². The molecule has 1 unspecified atom stereocenters. The van der Waals surface area contributed by atoms with Gasteiger partial charge in [-0.25, -0.2) is 4.98 Å². The zero-order valence-electron chi connectivity index (χ0n) is 9.59. The molecule has 1 fully saturated rings. The number of aromatic nitrogens is 3. The van der Waals surface area contributed by atoms with Gasteiger partial charge in [-0.15, -0.1) is 0 Å². The number of rotatable bonds is 2. The number of carbonyl (C=O) groups excluding carboxylic acids is 1. The highest BCUT2D eigenvalue weighted by Crippen LogP contribution is 2.29. The first kappa shape index (κ1) is 11.2. The van der Waals surface area contributed by atoms with Gasteiger partial charge in [0.05, 0.1) is 0 Å². The van der Waals surface area contributed by atoms with Crippen LogP contribution in [0.1, 0.15) is 18.2 Å². The molecule has 2 N–H and O–H groups in total. The van der Waals surface area contributed by atoms with Gasteiger partial charge < -0.3 is 4.90 Å². The van der Waals surface area contributed by atoms with Gasteiger partial charge in [0, 0.05) is 24.6 Å². The van der Waals surface area contributed by atoms with E-state index in [2.05, 4.69) is 15.2 Å². The maximum absolute atomic E-state index is 12.0. The standard InChI is InChI=1S/C12H12N4OS/c17-10-6-8(11-13-12(18)15-14-11)7-16(10)9-4-2-1-3-5-9/h1-5,8H,6-7H2,(H2,13,14,15,18).